The average Bonchev–Trinajstić information content (AvgIpc) is 2.19. The van der Waals surface area contributed by atoms with E-state index in [0.29, 0.717) is 0 Å². The Kier molecular flexibility index (Phi) is 5.53. The Bertz CT molecular complexity index is 417. The molecule has 0 amide bonds. The van der Waals surface area contributed by atoms with E-state index in [2.05, 4.69) is 29.2 Å². The zero-order valence-corrected chi connectivity index (χ0v) is 12.9. The van der Waals surface area contributed by atoms with Crippen LogP contribution in [0.1, 0.15) is 11.3 Å². The Morgan fingerprint density at radius 2 is 2.00 bits per heavy atom. The van der Waals surface area contributed by atoms with E-state index in [9.17, 15) is 0 Å². The molecule has 1 aromatic heterocycles. The van der Waals surface area contributed by atoms with Crippen molar-refractivity contribution in [2.24, 2.45) is 0 Å². The summed E-state index contributed by atoms with van der Waals surface area (Å²) in [7, 11) is 0. The molecule has 1 heterocycles. The summed E-state index contributed by atoms with van der Waals surface area (Å²) in [6, 6.07) is 17.4. The van der Waals surface area contributed by atoms with Gasteiger partial charge in [-0.2, -0.15) is 0 Å². The predicted octanol–water partition coefficient (Wildman–Crippen LogP) is 1.26. The molecule has 0 spiro atoms. The topological polar surface area (TPSA) is 12.9 Å². The van der Waals surface area contributed by atoms with Crippen LogP contribution in [0.2, 0.25) is 0 Å². The van der Waals surface area contributed by atoms with E-state index in [4.69, 9.17) is 0 Å². The van der Waals surface area contributed by atoms with Gasteiger partial charge in [0.1, 0.15) is 0 Å². The Hall–Kier alpha value is -0.162. The van der Waals surface area contributed by atoms with Crippen molar-refractivity contribution in [3.05, 3.63) is 59.8 Å². The molecule has 2 rings (SSSR count). The van der Waals surface area contributed by atoms with Gasteiger partial charge in [-0.1, -0.05) is 0 Å². The van der Waals surface area contributed by atoms with Gasteiger partial charge in [-0.15, -0.1) is 0 Å². The Labute approximate surface area is 117 Å². The third kappa shape index (κ3) is 4.07. The van der Waals surface area contributed by atoms with Gasteiger partial charge in [-0.05, 0) is 0 Å². The van der Waals surface area contributed by atoms with Gasteiger partial charge in [-0.3, -0.25) is 0 Å². The van der Waals surface area contributed by atoms with Crippen LogP contribution in [-0.4, -0.2) is 28.0 Å². The molecule has 1 aromatic carbocycles. The molecule has 0 fully saturated rings. The molecular weight excluding hydrogens is 472 g/mol. The summed E-state index contributed by atoms with van der Waals surface area (Å²) >= 11 is 1.65. The zero-order valence-electron chi connectivity index (χ0n) is 7.98. The van der Waals surface area contributed by atoms with Crippen molar-refractivity contribution < 1.29 is 20.1 Å². The van der Waals surface area contributed by atoms with E-state index in [1.54, 1.807) is 23.0 Å². The summed E-state index contributed by atoms with van der Waals surface area (Å²) in [4.78, 5) is 4.47. The normalized spacial score (nSPS) is 9.40. The molecule has 0 atom stereocenters. The summed E-state index contributed by atoms with van der Waals surface area (Å²) in [6.07, 6.45) is 0.872. The molecule has 0 unspecified atom stereocenters. The molecule has 0 saturated heterocycles. The first kappa shape index (κ1) is 12.9. The molecule has 0 aliphatic carbocycles. The van der Waals surface area contributed by atoms with Crippen molar-refractivity contribution in [3.63, 3.8) is 0 Å². The summed E-state index contributed by atoms with van der Waals surface area (Å²) in [5, 5.41) is 0. The van der Waals surface area contributed by atoms with Gasteiger partial charge in [0.15, 0.2) is 0 Å². The van der Waals surface area contributed by atoms with Gasteiger partial charge in [0.25, 0.3) is 0 Å². The van der Waals surface area contributed by atoms with Crippen LogP contribution in [-0.2, 0) is 26.5 Å². The predicted molar refractivity (Wildman–Crippen MR) is 57.7 cm³/mol. The summed E-state index contributed by atoms with van der Waals surface area (Å²) in [5.74, 6) is 0. The van der Waals surface area contributed by atoms with Gasteiger partial charge in [-0.25, -0.2) is 0 Å². The number of aromatic nitrogens is 1. The van der Waals surface area contributed by atoms with Crippen molar-refractivity contribution in [2.45, 2.75) is 6.42 Å². The molecule has 1 nitrogen and oxygen atoms in total. The summed E-state index contributed by atoms with van der Waals surface area (Å²) in [5.41, 5.74) is 2.31. The number of pyridine rings is 1. The first-order valence-electron chi connectivity index (χ1n) is 4.45. The number of benzene rings is 1. The van der Waals surface area contributed by atoms with Gasteiger partial charge in [0.05, 0.1) is 0 Å². The second kappa shape index (κ2) is 6.43. The molecule has 3 radical (unpaired) electrons. The van der Waals surface area contributed by atoms with Crippen molar-refractivity contribution in [1.82, 2.24) is 4.98 Å². The molecular formula is C12H9IrNSb-. The van der Waals surface area contributed by atoms with Crippen molar-refractivity contribution >= 4 is 26.7 Å². The van der Waals surface area contributed by atoms with Crippen molar-refractivity contribution in [3.8, 4) is 0 Å². The number of hydrogen-bond acceptors (Lipinski definition) is 1. The van der Waals surface area contributed by atoms with Crippen LogP contribution in [0.25, 0.3) is 0 Å². The van der Waals surface area contributed by atoms with Crippen LogP contribution in [0.15, 0.2) is 42.5 Å². The SMILES string of the molecule is [Ir].[Sb][c]1cccc(Cc2[c-]cccc2)n1. The summed E-state index contributed by atoms with van der Waals surface area (Å²) in [6.45, 7) is 0. The third-order valence-electron chi connectivity index (χ3n) is 1.94. The number of hydrogen-bond donors (Lipinski definition) is 0. The van der Waals surface area contributed by atoms with Crippen LogP contribution in [0.3, 0.4) is 0 Å². The van der Waals surface area contributed by atoms with Crippen LogP contribution in [0.5, 0.6) is 0 Å². The molecule has 3 heteroatoms. The van der Waals surface area contributed by atoms with E-state index >= 15 is 0 Å². The molecule has 77 valence electrons. The first-order chi connectivity index (χ1) is 6.84. The zero-order chi connectivity index (χ0) is 9.80. The van der Waals surface area contributed by atoms with Gasteiger partial charge >= 0.3 is 97.9 Å². The minimum atomic E-state index is 0. The fourth-order valence-electron chi connectivity index (χ4n) is 1.30. The van der Waals surface area contributed by atoms with Crippen molar-refractivity contribution in [1.29, 1.82) is 0 Å². The molecule has 0 saturated carbocycles. The maximum atomic E-state index is 4.47. The fourth-order valence-corrected chi connectivity index (χ4v) is 1.91. The third-order valence-corrected chi connectivity index (χ3v) is 2.65. The maximum absolute atomic E-state index is 4.47. The van der Waals surface area contributed by atoms with Crippen LogP contribution >= 0.6 is 0 Å². The van der Waals surface area contributed by atoms with Crippen molar-refractivity contribution in [2.75, 3.05) is 0 Å². The fraction of sp³-hybridized carbons (Fsp3) is 0.0833. The molecule has 2 aromatic rings. The molecule has 0 aliphatic heterocycles. The van der Waals surface area contributed by atoms with Crippen LogP contribution in [0.4, 0.5) is 0 Å². The monoisotopic (exact) mass is 481 g/mol. The number of rotatable bonds is 2. The summed E-state index contributed by atoms with van der Waals surface area (Å²) < 4.78 is 1.12. The minimum absolute atomic E-state index is 0. The van der Waals surface area contributed by atoms with Gasteiger partial charge < -0.3 is 0 Å². The second-order valence-electron chi connectivity index (χ2n) is 3.05. The second-order valence-corrected chi connectivity index (χ2v) is 4.36. The Balaban J connectivity index is 0.00000112. The number of nitrogens with zero attached hydrogens (tertiary/aromatic N) is 1. The van der Waals surface area contributed by atoms with E-state index < -0.39 is 0 Å². The van der Waals surface area contributed by atoms with Gasteiger partial charge in [0, 0.05) is 20.1 Å². The molecule has 15 heavy (non-hydrogen) atoms. The molecule has 0 N–H and O–H groups in total. The van der Waals surface area contributed by atoms with E-state index in [-0.39, 0.29) is 20.1 Å². The van der Waals surface area contributed by atoms with Crippen LogP contribution in [0, 0.1) is 6.07 Å². The van der Waals surface area contributed by atoms with E-state index in [0.717, 1.165) is 15.8 Å². The molecule has 0 bridgehead atoms. The van der Waals surface area contributed by atoms with E-state index in [1.807, 2.05) is 24.3 Å². The van der Waals surface area contributed by atoms with Crippen LogP contribution < -0.4 is 3.64 Å². The first-order valence-corrected chi connectivity index (χ1v) is 5.73. The average molecular weight is 481 g/mol. The van der Waals surface area contributed by atoms with E-state index in [1.165, 1.54) is 5.56 Å². The standard InChI is InChI=1S/C12H9N.Ir.Sb/c1-2-6-11(7-3-1)10-12-8-4-5-9-13-12;;/h1-6,8H,10H2;;/q-1;;. The quantitative estimate of drug-likeness (QED) is 0.466. The Morgan fingerprint density at radius 1 is 1.13 bits per heavy atom. The van der Waals surface area contributed by atoms with Gasteiger partial charge in [0.2, 0.25) is 0 Å². The molecule has 0 aliphatic rings. The Morgan fingerprint density at radius 3 is 2.67 bits per heavy atom.